The first-order valence-electron chi connectivity index (χ1n) is 3.77. The molecular formula is C10H12O2. The lowest BCUT2D eigenvalue weighted by atomic mass is 10.1. The first-order chi connectivity index (χ1) is 5.61. The Morgan fingerprint density at radius 2 is 1.67 bits per heavy atom. The van der Waals surface area contributed by atoms with Crippen molar-refractivity contribution in [1.29, 1.82) is 0 Å². The van der Waals surface area contributed by atoms with E-state index in [1.165, 1.54) is 0 Å². The number of hydrogen-bond acceptors (Lipinski definition) is 2. The average molecular weight is 164 g/mol. The van der Waals surface area contributed by atoms with Crippen LogP contribution in [0.25, 0.3) is 6.08 Å². The van der Waals surface area contributed by atoms with Crippen LogP contribution in [0.15, 0.2) is 23.8 Å². The van der Waals surface area contributed by atoms with Gasteiger partial charge in [-0.25, -0.2) is 0 Å². The van der Waals surface area contributed by atoms with Gasteiger partial charge in [-0.2, -0.15) is 0 Å². The zero-order valence-electron chi connectivity index (χ0n) is 7.20. The summed E-state index contributed by atoms with van der Waals surface area (Å²) in [5.41, 5.74) is 1.52. The molecule has 64 valence electrons. The van der Waals surface area contributed by atoms with Gasteiger partial charge in [0.1, 0.15) is 11.5 Å². The van der Waals surface area contributed by atoms with Gasteiger partial charge in [-0.3, -0.25) is 0 Å². The van der Waals surface area contributed by atoms with Gasteiger partial charge in [-0.1, -0.05) is 11.6 Å². The fourth-order valence-corrected chi connectivity index (χ4v) is 0.978. The SMILES string of the molecule is CC(C)=Cc1c(O)cccc1O. The van der Waals surface area contributed by atoms with Crippen molar-refractivity contribution < 1.29 is 10.2 Å². The summed E-state index contributed by atoms with van der Waals surface area (Å²) in [6.07, 6.45) is 1.74. The van der Waals surface area contributed by atoms with E-state index in [9.17, 15) is 10.2 Å². The first kappa shape index (κ1) is 8.65. The first-order valence-corrected chi connectivity index (χ1v) is 3.77. The highest BCUT2D eigenvalue weighted by Crippen LogP contribution is 2.28. The zero-order valence-corrected chi connectivity index (χ0v) is 7.20. The van der Waals surface area contributed by atoms with E-state index in [4.69, 9.17) is 0 Å². The molecule has 0 aliphatic heterocycles. The molecule has 2 heteroatoms. The van der Waals surface area contributed by atoms with Crippen molar-refractivity contribution in [2.45, 2.75) is 13.8 Å². The fourth-order valence-electron chi connectivity index (χ4n) is 0.978. The molecule has 0 atom stereocenters. The second kappa shape index (κ2) is 3.30. The average Bonchev–Trinajstić information content (AvgIpc) is 1.97. The van der Waals surface area contributed by atoms with E-state index in [2.05, 4.69) is 0 Å². The van der Waals surface area contributed by atoms with Crippen LogP contribution in [0.2, 0.25) is 0 Å². The fraction of sp³-hybridized carbons (Fsp3) is 0.200. The summed E-state index contributed by atoms with van der Waals surface area (Å²) in [6.45, 7) is 3.82. The van der Waals surface area contributed by atoms with Crippen LogP contribution < -0.4 is 0 Å². The zero-order chi connectivity index (χ0) is 9.14. The van der Waals surface area contributed by atoms with Crippen molar-refractivity contribution in [2.24, 2.45) is 0 Å². The number of aromatic hydroxyl groups is 2. The van der Waals surface area contributed by atoms with Crippen LogP contribution >= 0.6 is 0 Å². The Morgan fingerprint density at radius 1 is 1.17 bits per heavy atom. The van der Waals surface area contributed by atoms with Gasteiger partial charge in [0.15, 0.2) is 0 Å². The molecule has 0 spiro atoms. The Bertz CT molecular complexity index is 289. The highest BCUT2D eigenvalue weighted by atomic mass is 16.3. The molecule has 0 aliphatic rings. The molecule has 0 amide bonds. The Kier molecular flexibility index (Phi) is 2.38. The predicted molar refractivity (Wildman–Crippen MR) is 49.1 cm³/mol. The monoisotopic (exact) mass is 164 g/mol. The predicted octanol–water partition coefficient (Wildman–Crippen LogP) is 2.52. The molecule has 0 heterocycles. The van der Waals surface area contributed by atoms with Gasteiger partial charge in [-0.15, -0.1) is 0 Å². The molecule has 2 nitrogen and oxygen atoms in total. The molecule has 12 heavy (non-hydrogen) atoms. The Balaban J connectivity index is 3.22. The van der Waals surface area contributed by atoms with Gasteiger partial charge in [0.25, 0.3) is 0 Å². The molecule has 0 aliphatic carbocycles. The van der Waals surface area contributed by atoms with Crippen LogP contribution in [0, 0.1) is 0 Å². The standard InChI is InChI=1S/C10H12O2/c1-7(2)6-8-9(11)4-3-5-10(8)12/h3-6,11-12H,1-2H3. The lowest BCUT2D eigenvalue weighted by Gasteiger charge is -2.01. The van der Waals surface area contributed by atoms with Crippen molar-refractivity contribution >= 4 is 6.08 Å². The number of phenols is 2. The third kappa shape index (κ3) is 1.78. The molecular weight excluding hydrogens is 152 g/mol. The molecule has 0 bridgehead atoms. The second-order valence-corrected chi connectivity index (χ2v) is 2.93. The number of benzene rings is 1. The highest BCUT2D eigenvalue weighted by molar-refractivity contribution is 5.64. The van der Waals surface area contributed by atoms with E-state index in [1.807, 2.05) is 13.8 Å². The lowest BCUT2D eigenvalue weighted by molar-refractivity contribution is 0.448. The molecule has 1 aromatic rings. The Labute approximate surface area is 71.8 Å². The van der Waals surface area contributed by atoms with Crippen LogP contribution in [0.3, 0.4) is 0 Å². The minimum atomic E-state index is 0.108. The number of allylic oxidation sites excluding steroid dienone is 1. The van der Waals surface area contributed by atoms with E-state index in [0.29, 0.717) is 5.56 Å². The summed E-state index contributed by atoms with van der Waals surface area (Å²) in [7, 11) is 0. The van der Waals surface area contributed by atoms with Gasteiger partial charge >= 0.3 is 0 Å². The molecule has 2 N–H and O–H groups in total. The van der Waals surface area contributed by atoms with Crippen molar-refractivity contribution in [3.63, 3.8) is 0 Å². The topological polar surface area (TPSA) is 40.5 Å². The molecule has 0 aromatic heterocycles. The van der Waals surface area contributed by atoms with Crippen LogP contribution in [0.4, 0.5) is 0 Å². The van der Waals surface area contributed by atoms with Crippen LogP contribution in [0.5, 0.6) is 11.5 Å². The third-order valence-electron chi connectivity index (χ3n) is 1.49. The van der Waals surface area contributed by atoms with Gasteiger partial charge in [0.2, 0.25) is 0 Å². The third-order valence-corrected chi connectivity index (χ3v) is 1.49. The van der Waals surface area contributed by atoms with Gasteiger partial charge < -0.3 is 10.2 Å². The van der Waals surface area contributed by atoms with E-state index in [0.717, 1.165) is 5.57 Å². The van der Waals surface area contributed by atoms with E-state index < -0.39 is 0 Å². The van der Waals surface area contributed by atoms with Crippen LogP contribution in [0.1, 0.15) is 19.4 Å². The smallest absolute Gasteiger partial charge is 0.126 e. The minimum absolute atomic E-state index is 0.108. The lowest BCUT2D eigenvalue weighted by Crippen LogP contribution is -1.77. The van der Waals surface area contributed by atoms with Crippen molar-refractivity contribution in [3.05, 3.63) is 29.3 Å². The largest absolute Gasteiger partial charge is 0.507 e. The second-order valence-electron chi connectivity index (χ2n) is 2.93. The van der Waals surface area contributed by atoms with Crippen molar-refractivity contribution in [2.75, 3.05) is 0 Å². The summed E-state index contributed by atoms with van der Waals surface area (Å²) in [5.74, 6) is 0.215. The molecule has 0 radical (unpaired) electrons. The summed E-state index contributed by atoms with van der Waals surface area (Å²) in [4.78, 5) is 0. The number of phenolic OH excluding ortho intramolecular Hbond substituents is 2. The summed E-state index contributed by atoms with van der Waals surface area (Å²) < 4.78 is 0. The van der Waals surface area contributed by atoms with E-state index >= 15 is 0 Å². The van der Waals surface area contributed by atoms with E-state index in [1.54, 1.807) is 24.3 Å². The maximum atomic E-state index is 9.34. The minimum Gasteiger partial charge on any atom is -0.507 e. The summed E-state index contributed by atoms with van der Waals surface area (Å²) in [5, 5.41) is 18.7. The molecule has 0 saturated carbocycles. The van der Waals surface area contributed by atoms with Gasteiger partial charge in [-0.05, 0) is 32.1 Å². The highest BCUT2D eigenvalue weighted by Gasteiger charge is 2.02. The summed E-state index contributed by atoms with van der Waals surface area (Å²) >= 11 is 0. The Morgan fingerprint density at radius 3 is 2.08 bits per heavy atom. The van der Waals surface area contributed by atoms with E-state index in [-0.39, 0.29) is 11.5 Å². The molecule has 0 fully saturated rings. The molecule has 1 rings (SSSR count). The molecule has 1 aromatic carbocycles. The van der Waals surface area contributed by atoms with Crippen molar-refractivity contribution in [3.8, 4) is 11.5 Å². The maximum Gasteiger partial charge on any atom is 0.126 e. The number of hydrogen-bond donors (Lipinski definition) is 2. The Hall–Kier alpha value is -1.44. The van der Waals surface area contributed by atoms with Gasteiger partial charge in [0.05, 0.1) is 5.56 Å². The molecule has 0 saturated heterocycles. The number of rotatable bonds is 1. The van der Waals surface area contributed by atoms with Crippen molar-refractivity contribution in [1.82, 2.24) is 0 Å². The van der Waals surface area contributed by atoms with Crippen LogP contribution in [-0.2, 0) is 0 Å². The quantitative estimate of drug-likeness (QED) is 0.669. The van der Waals surface area contributed by atoms with Gasteiger partial charge in [0, 0.05) is 0 Å². The van der Waals surface area contributed by atoms with Crippen LogP contribution in [-0.4, -0.2) is 10.2 Å². The summed E-state index contributed by atoms with van der Waals surface area (Å²) in [6, 6.07) is 4.70. The normalized spacial score (nSPS) is 9.50. The molecule has 0 unspecified atom stereocenters. The maximum absolute atomic E-state index is 9.34.